The van der Waals surface area contributed by atoms with Crippen LogP contribution in [0.3, 0.4) is 0 Å². The summed E-state index contributed by atoms with van der Waals surface area (Å²) < 4.78 is 46.4. The van der Waals surface area contributed by atoms with Gasteiger partial charge in [-0.2, -0.15) is 8.78 Å². The van der Waals surface area contributed by atoms with E-state index in [-0.39, 0.29) is 23.4 Å². The molecular weight excluding hydrogens is 455 g/mol. The molecule has 6 nitrogen and oxygen atoms in total. The molecule has 3 N–H and O–H groups in total. The zero-order chi connectivity index (χ0) is 23.3. The predicted octanol–water partition coefficient (Wildman–Crippen LogP) is 5.15. The van der Waals surface area contributed by atoms with Crippen molar-refractivity contribution in [1.82, 2.24) is 10.2 Å². The van der Waals surface area contributed by atoms with Gasteiger partial charge in [0.1, 0.15) is 11.6 Å². The predicted molar refractivity (Wildman–Crippen MR) is 114 cm³/mol. The van der Waals surface area contributed by atoms with E-state index in [2.05, 4.69) is 27.6 Å². The van der Waals surface area contributed by atoms with Crippen LogP contribution in [0.15, 0.2) is 44.4 Å². The first-order valence-corrected chi connectivity index (χ1v) is 9.83. The van der Waals surface area contributed by atoms with Crippen LogP contribution < -0.4 is 16.2 Å². The Morgan fingerprint density at radius 1 is 1.26 bits per heavy atom. The monoisotopic (exact) mass is 475 g/mol. The minimum atomic E-state index is -2.85. The molecule has 3 rings (SSSR count). The molecule has 31 heavy (non-hydrogen) atoms. The Morgan fingerprint density at radius 2 is 1.94 bits per heavy atom. The summed E-state index contributed by atoms with van der Waals surface area (Å²) in [6, 6.07) is 6.78. The molecule has 0 aliphatic heterocycles. The molecule has 0 spiro atoms. The molecule has 11 heteroatoms. The van der Waals surface area contributed by atoms with Crippen molar-refractivity contribution in [3.8, 4) is 5.75 Å². The van der Waals surface area contributed by atoms with Gasteiger partial charge in [-0.15, -0.1) is 17.7 Å². The fourth-order valence-corrected chi connectivity index (χ4v) is 3.17. The second-order valence-corrected chi connectivity index (χ2v) is 7.58. The second-order valence-electron chi connectivity index (χ2n) is 6.66. The lowest BCUT2D eigenvalue weighted by Crippen LogP contribution is -2.20. The third kappa shape index (κ3) is 6.52. The Bertz CT molecular complexity index is 1090. The number of alkyl halides is 2. The lowest BCUT2D eigenvalue weighted by molar-refractivity contribution is -0.0516. The topological polar surface area (TPSA) is 94.1 Å². The highest BCUT2D eigenvalue weighted by atomic mass is 35.5. The summed E-state index contributed by atoms with van der Waals surface area (Å²) in [5.41, 5.74) is 8.35. The van der Waals surface area contributed by atoms with E-state index in [1.54, 1.807) is 19.1 Å². The summed E-state index contributed by atoms with van der Waals surface area (Å²) >= 11 is 9.44. The van der Waals surface area contributed by atoms with Gasteiger partial charge in [-0.25, -0.2) is 14.3 Å². The summed E-state index contributed by atoms with van der Waals surface area (Å²) in [5, 5.41) is 6.18. The Labute approximate surface area is 187 Å². The molecule has 0 saturated carbocycles. The van der Waals surface area contributed by atoms with Crippen molar-refractivity contribution in [2.75, 3.05) is 0 Å². The highest BCUT2D eigenvalue weighted by molar-refractivity contribution is 7.80. The van der Waals surface area contributed by atoms with Crippen molar-refractivity contribution >= 4 is 24.2 Å². The van der Waals surface area contributed by atoms with Crippen molar-refractivity contribution in [3.63, 3.8) is 0 Å². The third-order valence-corrected chi connectivity index (χ3v) is 5.21. The standard InChI is InChI=1S/C13H16FN3O2.C7H5ClF2OS/c1-6-4-5-9(14)10(7(6)2)8(3)11(15)12-16-17-13(18)19-12;8-4-1-2-6(12)5(3-4)11-7(9)10/h4-5,8,11H,15H2,1-3H3,(H,17,18);1-3,7,12H. The van der Waals surface area contributed by atoms with Gasteiger partial charge in [-0.05, 0) is 48.7 Å². The van der Waals surface area contributed by atoms with E-state index in [1.807, 2.05) is 13.8 Å². The summed E-state index contributed by atoms with van der Waals surface area (Å²) in [7, 11) is 0. The van der Waals surface area contributed by atoms with Gasteiger partial charge in [0.15, 0.2) is 0 Å². The molecule has 0 radical (unpaired) electrons. The van der Waals surface area contributed by atoms with Crippen LogP contribution in [0.25, 0.3) is 0 Å². The molecule has 1 aromatic heterocycles. The molecule has 2 aromatic carbocycles. The van der Waals surface area contributed by atoms with Crippen LogP contribution in [0.5, 0.6) is 5.75 Å². The Balaban J connectivity index is 0.000000245. The van der Waals surface area contributed by atoms with Gasteiger partial charge < -0.3 is 14.9 Å². The SMILES string of the molecule is Cc1ccc(F)c(C(C)C(N)c2n[nH]c(=O)o2)c1C.FC(F)Oc1cc(Cl)ccc1S. The highest BCUT2D eigenvalue weighted by Gasteiger charge is 2.26. The maximum absolute atomic E-state index is 14.0. The number of hydrogen-bond donors (Lipinski definition) is 3. The van der Waals surface area contributed by atoms with Crippen LogP contribution in [0.1, 0.15) is 41.5 Å². The Hall–Kier alpha value is -2.43. The Kier molecular flexibility index (Phi) is 8.60. The number of aromatic nitrogens is 2. The quantitative estimate of drug-likeness (QED) is 0.443. The van der Waals surface area contributed by atoms with E-state index in [9.17, 15) is 18.0 Å². The molecule has 0 fully saturated rings. The van der Waals surface area contributed by atoms with Crippen LogP contribution in [0.4, 0.5) is 13.2 Å². The van der Waals surface area contributed by atoms with Gasteiger partial charge in [-0.1, -0.05) is 24.6 Å². The largest absolute Gasteiger partial charge is 0.434 e. The van der Waals surface area contributed by atoms with E-state index >= 15 is 0 Å². The summed E-state index contributed by atoms with van der Waals surface area (Å²) in [6.07, 6.45) is 0. The third-order valence-electron chi connectivity index (χ3n) is 4.60. The zero-order valence-corrected chi connectivity index (χ0v) is 18.5. The minimum Gasteiger partial charge on any atom is -0.434 e. The molecule has 0 aliphatic carbocycles. The zero-order valence-electron chi connectivity index (χ0n) is 16.8. The average Bonchev–Trinajstić information content (AvgIpc) is 3.13. The number of hydrogen-bond acceptors (Lipinski definition) is 6. The molecule has 1 heterocycles. The van der Waals surface area contributed by atoms with Crippen LogP contribution >= 0.6 is 24.2 Å². The number of thiol groups is 1. The first-order chi connectivity index (χ1) is 14.5. The van der Waals surface area contributed by atoms with Gasteiger partial charge in [0.05, 0.1) is 6.04 Å². The molecule has 0 aliphatic rings. The number of halogens is 4. The van der Waals surface area contributed by atoms with Crippen molar-refractivity contribution in [3.05, 3.63) is 74.3 Å². The molecule has 0 amide bonds. The summed E-state index contributed by atoms with van der Waals surface area (Å²) in [5.74, 6) is -1.27. The molecule has 2 atom stereocenters. The van der Waals surface area contributed by atoms with E-state index < -0.39 is 18.4 Å². The molecule has 3 aromatic rings. The van der Waals surface area contributed by atoms with Gasteiger partial charge in [-0.3, -0.25) is 0 Å². The van der Waals surface area contributed by atoms with Crippen LogP contribution in [-0.2, 0) is 0 Å². The summed E-state index contributed by atoms with van der Waals surface area (Å²) in [4.78, 5) is 11.3. The van der Waals surface area contributed by atoms with E-state index in [0.717, 1.165) is 11.1 Å². The van der Waals surface area contributed by atoms with Gasteiger partial charge in [0.2, 0.25) is 5.89 Å². The number of ether oxygens (including phenoxy) is 1. The van der Waals surface area contributed by atoms with E-state index in [1.165, 1.54) is 18.2 Å². The first kappa shape index (κ1) is 24.8. The number of aromatic amines is 1. The lowest BCUT2D eigenvalue weighted by atomic mass is 9.88. The van der Waals surface area contributed by atoms with Crippen LogP contribution in [0, 0.1) is 19.7 Å². The number of H-pyrrole nitrogens is 1. The van der Waals surface area contributed by atoms with Gasteiger partial charge in [0.25, 0.3) is 0 Å². The normalized spacial score (nSPS) is 12.8. The van der Waals surface area contributed by atoms with Crippen molar-refractivity contribution in [1.29, 1.82) is 0 Å². The first-order valence-electron chi connectivity index (χ1n) is 9.01. The van der Waals surface area contributed by atoms with E-state index in [4.69, 9.17) is 21.8 Å². The number of aryl methyl sites for hydroxylation is 1. The van der Waals surface area contributed by atoms with E-state index in [0.29, 0.717) is 15.5 Å². The highest BCUT2D eigenvalue weighted by Crippen LogP contribution is 2.32. The number of benzene rings is 2. The second kappa shape index (κ2) is 10.7. The average molecular weight is 476 g/mol. The number of nitrogens with one attached hydrogen (secondary N) is 1. The van der Waals surface area contributed by atoms with Crippen LogP contribution in [0.2, 0.25) is 5.02 Å². The molecule has 0 saturated heterocycles. The lowest BCUT2D eigenvalue weighted by Gasteiger charge is -2.20. The van der Waals surface area contributed by atoms with Gasteiger partial charge >= 0.3 is 12.4 Å². The maximum Gasteiger partial charge on any atom is 0.434 e. The molecular formula is C20H21ClF3N3O3S. The molecule has 0 bridgehead atoms. The van der Waals surface area contributed by atoms with Crippen LogP contribution in [-0.4, -0.2) is 16.8 Å². The maximum atomic E-state index is 14.0. The fourth-order valence-electron chi connectivity index (χ4n) is 2.82. The van der Waals surface area contributed by atoms with Crippen molar-refractivity contribution in [2.24, 2.45) is 5.73 Å². The summed E-state index contributed by atoms with van der Waals surface area (Å²) in [6.45, 7) is 2.68. The van der Waals surface area contributed by atoms with Gasteiger partial charge in [0, 0.05) is 21.9 Å². The molecule has 168 valence electrons. The number of rotatable bonds is 5. The Morgan fingerprint density at radius 3 is 2.52 bits per heavy atom. The minimum absolute atomic E-state index is 0.0131. The smallest absolute Gasteiger partial charge is 0.434 e. The van der Waals surface area contributed by atoms with Crippen molar-refractivity contribution < 1.29 is 22.3 Å². The number of nitrogens with two attached hydrogens (primary N) is 1. The number of nitrogens with zero attached hydrogens (tertiary/aromatic N) is 1. The van der Waals surface area contributed by atoms with Crippen molar-refractivity contribution in [2.45, 2.75) is 44.2 Å². The fraction of sp³-hybridized carbons (Fsp3) is 0.300. The molecule has 2 unspecified atom stereocenters.